The number of carbonyl (C=O) groups excluding carboxylic acids is 2. The largest absolute Gasteiger partial charge is 0.339 e. The first-order valence-electron chi connectivity index (χ1n) is 8.38. The van der Waals surface area contributed by atoms with Crippen LogP contribution in [0.3, 0.4) is 0 Å². The van der Waals surface area contributed by atoms with Crippen molar-refractivity contribution in [2.75, 3.05) is 26.2 Å². The maximum Gasteiger partial charge on any atom is 0.246 e. The van der Waals surface area contributed by atoms with Gasteiger partial charge in [-0.15, -0.1) is 0 Å². The third kappa shape index (κ3) is 3.81. The predicted molar refractivity (Wildman–Crippen MR) is 87.4 cm³/mol. The van der Waals surface area contributed by atoms with E-state index >= 15 is 0 Å². The van der Waals surface area contributed by atoms with Gasteiger partial charge in [-0.25, -0.2) is 0 Å². The molecule has 1 aromatic rings. The van der Waals surface area contributed by atoms with Crippen molar-refractivity contribution in [1.82, 2.24) is 19.6 Å². The summed E-state index contributed by atoms with van der Waals surface area (Å²) in [5.74, 6) is 0.519. The summed E-state index contributed by atoms with van der Waals surface area (Å²) in [5, 5.41) is 4.07. The van der Waals surface area contributed by atoms with Crippen LogP contribution < -0.4 is 0 Å². The quantitative estimate of drug-likeness (QED) is 0.790. The topological polar surface area (TPSA) is 58.4 Å². The number of hydrogen-bond donors (Lipinski definition) is 0. The van der Waals surface area contributed by atoms with Crippen molar-refractivity contribution in [3.05, 3.63) is 24.0 Å². The summed E-state index contributed by atoms with van der Waals surface area (Å²) in [6.45, 7) is 2.55. The number of aromatic nitrogens is 2. The molecule has 1 saturated carbocycles. The van der Waals surface area contributed by atoms with Crippen molar-refractivity contribution in [3.8, 4) is 0 Å². The van der Waals surface area contributed by atoms with Crippen LogP contribution in [0.1, 0.15) is 31.2 Å². The molecule has 124 valence electrons. The van der Waals surface area contributed by atoms with Crippen LogP contribution in [0.2, 0.25) is 0 Å². The third-order valence-electron chi connectivity index (χ3n) is 4.75. The van der Waals surface area contributed by atoms with Gasteiger partial charge in [0.2, 0.25) is 11.8 Å². The smallest absolute Gasteiger partial charge is 0.246 e. The number of nitrogens with zero attached hydrogens (tertiary/aromatic N) is 4. The van der Waals surface area contributed by atoms with Crippen molar-refractivity contribution in [3.63, 3.8) is 0 Å². The summed E-state index contributed by atoms with van der Waals surface area (Å²) in [6.07, 6.45) is 11.4. The minimum Gasteiger partial charge on any atom is -0.339 e. The number of piperazine rings is 1. The predicted octanol–water partition coefficient (Wildman–Crippen LogP) is 1.29. The molecule has 1 aromatic heterocycles. The Kier molecular flexibility index (Phi) is 4.79. The Morgan fingerprint density at radius 2 is 1.78 bits per heavy atom. The molecule has 1 aliphatic carbocycles. The molecule has 0 unspecified atom stereocenters. The molecule has 2 amide bonds. The van der Waals surface area contributed by atoms with Gasteiger partial charge in [-0.3, -0.25) is 14.3 Å². The van der Waals surface area contributed by atoms with Crippen LogP contribution in [0, 0.1) is 5.92 Å². The van der Waals surface area contributed by atoms with Crippen molar-refractivity contribution in [2.45, 2.75) is 25.7 Å². The first-order valence-corrected chi connectivity index (χ1v) is 8.38. The van der Waals surface area contributed by atoms with E-state index in [9.17, 15) is 9.59 Å². The third-order valence-corrected chi connectivity index (χ3v) is 4.75. The van der Waals surface area contributed by atoms with E-state index < -0.39 is 0 Å². The summed E-state index contributed by atoms with van der Waals surface area (Å²) >= 11 is 0. The average Bonchev–Trinajstić information content (AvgIpc) is 3.24. The van der Waals surface area contributed by atoms with Gasteiger partial charge in [0, 0.05) is 57.0 Å². The molecule has 0 aromatic carbocycles. The lowest BCUT2D eigenvalue weighted by atomic mass is 10.1. The lowest BCUT2D eigenvalue weighted by Crippen LogP contribution is -2.51. The SMILES string of the molecule is Cn1cc(/C=C\C(=O)N2CCN(C(=O)C3CCCC3)CC2)cn1. The highest BCUT2D eigenvalue weighted by Gasteiger charge is 2.29. The van der Waals surface area contributed by atoms with Crippen LogP contribution in [-0.2, 0) is 16.6 Å². The van der Waals surface area contributed by atoms with E-state index in [0.717, 1.165) is 18.4 Å². The van der Waals surface area contributed by atoms with E-state index in [-0.39, 0.29) is 11.8 Å². The van der Waals surface area contributed by atoms with Gasteiger partial charge in [0.15, 0.2) is 0 Å². The molecule has 2 fully saturated rings. The first-order chi connectivity index (χ1) is 11.1. The molecule has 2 aliphatic rings. The Bertz CT molecular complexity index is 593. The molecule has 2 heterocycles. The first kappa shape index (κ1) is 15.8. The lowest BCUT2D eigenvalue weighted by Gasteiger charge is -2.35. The fourth-order valence-corrected chi connectivity index (χ4v) is 3.38. The van der Waals surface area contributed by atoms with Gasteiger partial charge in [-0.2, -0.15) is 5.10 Å². The van der Waals surface area contributed by atoms with Gasteiger partial charge < -0.3 is 9.80 Å². The van der Waals surface area contributed by atoms with E-state index in [1.54, 1.807) is 23.0 Å². The molecule has 1 saturated heterocycles. The Hall–Kier alpha value is -2.11. The van der Waals surface area contributed by atoms with E-state index in [2.05, 4.69) is 5.10 Å². The molecule has 6 heteroatoms. The maximum atomic E-state index is 12.4. The molecular weight excluding hydrogens is 292 g/mol. The van der Waals surface area contributed by atoms with Crippen LogP contribution in [0.5, 0.6) is 0 Å². The lowest BCUT2D eigenvalue weighted by molar-refractivity contribution is -0.140. The average molecular weight is 316 g/mol. The summed E-state index contributed by atoms with van der Waals surface area (Å²) in [6, 6.07) is 0. The van der Waals surface area contributed by atoms with E-state index in [1.807, 2.05) is 23.0 Å². The fourth-order valence-electron chi connectivity index (χ4n) is 3.38. The molecular formula is C17H24N4O2. The normalized spacial score (nSPS) is 19.7. The monoisotopic (exact) mass is 316 g/mol. The van der Waals surface area contributed by atoms with Gasteiger partial charge in [-0.05, 0) is 18.9 Å². The van der Waals surface area contributed by atoms with E-state index in [4.69, 9.17) is 0 Å². The number of rotatable bonds is 3. The summed E-state index contributed by atoms with van der Waals surface area (Å²) in [4.78, 5) is 28.4. The van der Waals surface area contributed by atoms with Crippen molar-refractivity contribution in [1.29, 1.82) is 0 Å². The maximum absolute atomic E-state index is 12.4. The molecule has 6 nitrogen and oxygen atoms in total. The van der Waals surface area contributed by atoms with Crippen molar-refractivity contribution < 1.29 is 9.59 Å². The van der Waals surface area contributed by atoms with Gasteiger partial charge in [0.1, 0.15) is 0 Å². The molecule has 1 aliphatic heterocycles. The van der Waals surface area contributed by atoms with Crippen molar-refractivity contribution >= 4 is 17.9 Å². The summed E-state index contributed by atoms with van der Waals surface area (Å²) < 4.78 is 1.71. The van der Waals surface area contributed by atoms with Crippen LogP contribution in [0.4, 0.5) is 0 Å². The molecule has 23 heavy (non-hydrogen) atoms. The minimum atomic E-state index is 0.00168. The van der Waals surface area contributed by atoms with E-state index in [1.165, 1.54) is 12.8 Å². The molecule has 0 radical (unpaired) electrons. The summed E-state index contributed by atoms with van der Waals surface area (Å²) in [7, 11) is 1.85. The van der Waals surface area contributed by atoms with Crippen LogP contribution in [0.15, 0.2) is 18.5 Å². The second-order valence-corrected chi connectivity index (χ2v) is 6.41. The molecule has 0 atom stereocenters. The van der Waals surface area contributed by atoms with Gasteiger partial charge >= 0.3 is 0 Å². The van der Waals surface area contributed by atoms with Crippen LogP contribution in [-0.4, -0.2) is 57.6 Å². The minimum absolute atomic E-state index is 0.00168. The molecule has 3 rings (SSSR count). The zero-order valence-electron chi connectivity index (χ0n) is 13.6. The Labute approximate surface area is 136 Å². The zero-order chi connectivity index (χ0) is 16.2. The van der Waals surface area contributed by atoms with Crippen LogP contribution in [0.25, 0.3) is 6.08 Å². The molecule has 0 bridgehead atoms. The standard InChI is InChI=1S/C17H24N4O2/c1-19-13-14(12-18-19)6-7-16(22)20-8-10-21(11-9-20)17(23)15-4-2-3-5-15/h6-7,12-13,15H,2-5,8-11H2,1H3/b7-6-. The molecule has 0 N–H and O–H groups in total. The fraction of sp³-hybridized carbons (Fsp3) is 0.588. The zero-order valence-corrected chi connectivity index (χ0v) is 13.6. The number of amides is 2. The second-order valence-electron chi connectivity index (χ2n) is 6.41. The number of hydrogen-bond acceptors (Lipinski definition) is 3. The molecule has 0 spiro atoms. The van der Waals surface area contributed by atoms with Crippen molar-refractivity contribution in [2.24, 2.45) is 13.0 Å². The van der Waals surface area contributed by atoms with Gasteiger partial charge in [0.05, 0.1) is 6.20 Å². The Morgan fingerprint density at radius 1 is 1.13 bits per heavy atom. The van der Waals surface area contributed by atoms with E-state index in [0.29, 0.717) is 32.1 Å². The number of carbonyl (C=O) groups is 2. The van der Waals surface area contributed by atoms with Gasteiger partial charge in [0.25, 0.3) is 0 Å². The highest BCUT2D eigenvalue weighted by molar-refractivity contribution is 5.92. The Morgan fingerprint density at radius 3 is 2.39 bits per heavy atom. The Balaban J connectivity index is 1.49. The highest BCUT2D eigenvalue weighted by Crippen LogP contribution is 2.26. The summed E-state index contributed by atoms with van der Waals surface area (Å²) in [5.41, 5.74) is 0.913. The van der Waals surface area contributed by atoms with Crippen LogP contribution >= 0.6 is 0 Å². The van der Waals surface area contributed by atoms with Gasteiger partial charge in [-0.1, -0.05) is 12.8 Å². The second kappa shape index (κ2) is 6.98. The highest BCUT2D eigenvalue weighted by atomic mass is 16.2. The number of aryl methyl sites for hydroxylation is 1.